The highest BCUT2D eigenvalue weighted by molar-refractivity contribution is 5.47. The summed E-state index contributed by atoms with van der Waals surface area (Å²) >= 11 is 0. The van der Waals surface area contributed by atoms with Crippen LogP contribution in [0.1, 0.15) is 54.3 Å². The van der Waals surface area contributed by atoms with Crippen LogP contribution in [0, 0.1) is 18.8 Å². The summed E-state index contributed by atoms with van der Waals surface area (Å²) in [5.41, 5.74) is 2.94. The lowest BCUT2D eigenvalue weighted by Gasteiger charge is -2.18. The Morgan fingerprint density at radius 1 is 1.10 bits per heavy atom. The highest BCUT2D eigenvalue weighted by atomic mass is 16.5. The predicted molar refractivity (Wildman–Crippen MR) is 117 cm³/mol. The maximum Gasteiger partial charge on any atom is 0.195 e. The Balaban J connectivity index is 1.65. The molecule has 1 heterocycles. The number of hydrogen-bond acceptors (Lipinski definition) is 4. The van der Waals surface area contributed by atoms with Crippen molar-refractivity contribution in [2.75, 3.05) is 7.11 Å². The number of methoxy groups -OCH3 is 1. The van der Waals surface area contributed by atoms with Crippen LogP contribution in [0.25, 0.3) is 0 Å². The first-order valence-corrected chi connectivity index (χ1v) is 10.5. The fourth-order valence-corrected chi connectivity index (χ4v) is 3.80. The molecule has 0 aliphatic heterocycles. The second kappa shape index (κ2) is 9.54. The lowest BCUT2D eigenvalue weighted by molar-refractivity contribution is 0.200. The van der Waals surface area contributed by atoms with E-state index in [-0.39, 0.29) is 12.0 Å². The van der Waals surface area contributed by atoms with Crippen molar-refractivity contribution in [1.82, 2.24) is 4.98 Å². The Kier molecular flexibility index (Phi) is 6.39. The summed E-state index contributed by atoms with van der Waals surface area (Å²) in [4.78, 5) is 4.48. The van der Waals surface area contributed by atoms with E-state index in [1.807, 2.05) is 43.3 Å². The van der Waals surface area contributed by atoms with Crippen LogP contribution in [0.2, 0.25) is 0 Å². The lowest BCUT2D eigenvalue weighted by Crippen LogP contribution is -2.12. The molecule has 0 bridgehead atoms. The van der Waals surface area contributed by atoms with E-state index in [0.717, 1.165) is 41.2 Å². The van der Waals surface area contributed by atoms with Gasteiger partial charge in [0, 0.05) is 12.0 Å². The number of aromatic nitrogens is 1. The van der Waals surface area contributed by atoms with Gasteiger partial charge in [-0.3, -0.25) is 0 Å². The largest absolute Gasteiger partial charge is 0.493 e. The van der Waals surface area contributed by atoms with Crippen LogP contribution < -0.4 is 9.47 Å². The van der Waals surface area contributed by atoms with Crippen LogP contribution in [0.15, 0.2) is 59.2 Å². The molecule has 2 aromatic carbocycles. The van der Waals surface area contributed by atoms with Crippen molar-refractivity contribution in [3.8, 4) is 23.3 Å². The number of aryl methyl sites for hydroxylation is 1. The van der Waals surface area contributed by atoms with Crippen LogP contribution in [0.4, 0.5) is 0 Å². The number of hydrogen-bond donors (Lipinski definition) is 0. The van der Waals surface area contributed by atoms with Crippen molar-refractivity contribution in [3.63, 3.8) is 0 Å². The van der Waals surface area contributed by atoms with Crippen molar-refractivity contribution < 1.29 is 13.9 Å². The molecule has 1 aromatic heterocycles. The van der Waals surface area contributed by atoms with Crippen molar-refractivity contribution in [2.45, 2.75) is 51.0 Å². The van der Waals surface area contributed by atoms with Crippen LogP contribution >= 0.6 is 0 Å². The molecule has 0 saturated heterocycles. The second-order valence-electron chi connectivity index (χ2n) is 7.71. The lowest BCUT2D eigenvalue weighted by atomic mass is 9.95. The van der Waals surface area contributed by atoms with Crippen LogP contribution in [-0.2, 0) is 6.42 Å². The predicted octanol–water partition coefficient (Wildman–Crippen LogP) is 5.69. The summed E-state index contributed by atoms with van der Waals surface area (Å²) in [6, 6.07) is 16.1. The number of rotatable bonds is 6. The Morgan fingerprint density at radius 2 is 1.90 bits per heavy atom. The maximum atomic E-state index is 6.29. The van der Waals surface area contributed by atoms with Gasteiger partial charge in [-0.15, -0.1) is 0 Å². The van der Waals surface area contributed by atoms with Crippen LogP contribution in [0.3, 0.4) is 0 Å². The average molecular weight is 402 g/mol. The molecule has 154 valence electrons. The van der Waals surface area contributed by atoms with E-state index >= 15 is 0 Å². The summed E-state index contributed by atoms with van der Waals surface area (Å²) in [6.07, 6.45) is 7.18. The maximum absolute atomic E-state index is 6.29. The second-order valence-corrected chi connectivity index (χ2v) is 7.71. The zero-order valence-electron chi connectivity index (χ0n) is 17.6. The average Bonchev–Trinajstić information content (AvgIpc) is 3.43. The molecular weight excluding hydrogens is 374 g/mol. The van der Waals surface area contributed by atoms with Gasteiger partial charge < -0.3 is 13.9 Å². The Hall–Kier alpha value is -3.19. The first-order valence-electron chi connectivity index (χ1n) is 10.5. The van der Waals surface area contributed by atoms with Crippen molar-refractivity contribution in [2.24, 2.45) is 0 Å². The first-order chi connectivity index (χ1) is 14.7. The Bertz CT molecular complexity index is 1020. The molecule has 1 atom stereocenters. The normalized spacial score (nSPS) is 14.7. The third-order valence-corrected chi connectivity index (χ3v) is 5.40. The van der Waals surface area contributed by atoms with E-state index in [2.05, 4.69) is 29.0 Å². The molecule has 0 amide bonds. The van der Waals surface area contributed by atoms with Gasteiger partial charge in [-0.1, -0.05) is 36.1 Å². The molecule has 4 nitrogen and oxygen atoms in total. The van der Waals surface area contributed by atoms with E-state index in [9.17, 15) is 0 Å². The monoisotopic (exact) mass is 401 g/mol. The van der Waals surface area contributed by atoms with Crippen LogP contribution in [0.5, 0.6) is 11.5 Å². The molecule has 0 N–H and O–H groups in total. The topological polar surface area (TPSA) is 44.5 Å². The van der Waals surface area contributed by atoms with Crippen molar-refractivity contribution in [1.29, 1.82) is 0 Å². The summed E-state index contributed by atoms with van der Waals surface area (Å²) in [7, 11) is 1.68. The van der Waals surface area contributed by atoms with Gasteiger partial charge in [0.1, 0.15) is 6.26 Å². The standard InChI is InChI=1S/C26H27NO3/c1-19-18-29-26(27-19)17-22(13-12-20-8-4-3-5-9-20)21-14-15-24(28-2)25(16-21)30-23-10-6-7-11-23/h3-5,8-9,14-16,18,22-23H,6-7,10-11,17H2,1-2H3. The van der Waals surface area contributed by atoms with E-state index < -0.39 is 0 Å². The smallest absolute Gasteiger partial charge is 0.195 e. The summed E-state index contributed by atoms with van der Waals surface area (Å²) in [5.74, 6) is 8.89. The zero-order chi connectivity index (χ0) is 20.8. The van der Waals surface area contributed by atoms with Crippen LogP contribution in [-0.4, -0.2) is 18.2 Å². The van der Waals surface area contributed by atoms with Gasteiger partial charge in [0.15, 0.2) is 17.4 Å². The number of ether oxygens (including phenoxy) is 2. The van der Waals surface area contributed by atoms with Gasteiger partial charge in [-0.2, -0.15) is 0 Å². The molecule has 1 aliphatic carbocycles. The minimum Gasteiger partial charge on any atom is -0.493 e. The summed E-state index contributed by atoms with van der Waals surface area (Å²) < 4.78 is 17.5. The fourth-order valence-electron chi connectivity index (χ4n) is 3.80. The SMILES string of the molecule is COc1ccc(C(C#Cc2ccccc2)Cc2nc(C)co2)cc1OC1CCCC1. The van der Waals surface area contributed by atoms with Gasteiger partial charge in [-0.05, 0) is 62.4 Å². The van der Waals surface area contributed by atoms with Gasteiger partial charge in [0.05, 0.1) is 24.8 Å². The molecule has 3 aromatic rings. The van der Waals surface area contributed by atoms with E-state index in [1.54, 1.807) is 13.4 Å². The molecule has 1 saturated carbocycles. The zero-order valence-corrected chi connectivity index (χ0v) is 17.6. The van der Waals surface area contributed by atoms with Crippen molar-refractivity contribution in [3.05, 3.63) is 77.5 Å². The highest BCUT2D eigenvalue weighted by Crippen LogP contribution is 2.35. The number of nitrogens with zero attached hydrogens (tertiary/aromatic N) is 1. The molecule has 4 rings (SSSR count). The fraction of sp³-hybridized carbons (Fsp3) is 0.346. The number of oxazole rings is 1. The molecule has 4 heteroatoms. The third kappa shape index (κ3) is 5.04. The van der Waals surface area contributed by atoms with Gasteiger partial charge >= 0.3 is 0 Å². The van der Waals surface area contributed by atoms with E-state index in [4.69, 9.17) is 13.9 Å². The Morgan fingerprint density at radius 3 is 2.60 bits per heavy atom. The van der Waals surface area contributed by atoms with Crippen molar-refractivity contribution >= 4 is 0 Å². The quantitative estimate of drug-likeness (QED) is 0.498. The molecule has 0 spiro atoms. The third-order valence-electron chi connectivity index (χ3n) is 5.40. The van der Waals surface area contributed by atoms with Gasteiger partial charge in [-0.25, -0.2) is 4.98 Å². The molecular formula is C26H27NO3. The Labute approximate surface area is 178 Å². The minimum absolute atomic E-state index is 0.0694. The molecule has 0 radical (unpaired) electrons. The number of benzene rings is 2. The molecule has 1 fully saturated rings. The molecule has 1 unspecified atom stereocenters. The van der Waals surface area contributed by atoms with Gasteiger partial charge in [0.2, 0.25) is 0 Å². The van der Waals surface area contributed by atoms with E-state index in [0.29, 0.717) is 12.3 Å². The summed E-state index contributed by atoms with van der Waals surface area (Å²) in [5, 5.41) is 0. The highest BCUT2D eigenvalue weighted by Gasteiger charge is 2.21. The molecule has 30 heavy (non-hydrogen) atoms. The summed E-state index contributed by atoms with van der Waals surface area (Å²) in [6.45, 7) is 1.93. The first kappa shape index (κ1) is 20.1. The van der Waals surface area contributed by atoms with Gasteiger partial charge in [0.25, 0.3) is 0 Å². The minimum atomic E-state index is -0.0694. The molecule has 1 aliphatic rings. The van der Waals surface area contributed by atoms with E-state index in [1.165, 1.54) is 12.8 Å².